The van der Waals surface area contributed by atoms with Gasteiger partial charge in [0.25, 0.3) is 0 Å². The molecule has 116 valence electrons. The van der Waals surface area contributed by atoms with Crippen molar-refractivity contribution >= 4 is 29.2 Å². The highest BCUT2D eigenvalue weighted by Gasteiger charge is 2.34. The van der Waals surface area contributed by atoms with Crippen molar-refractivity contribution in [3.63, 3.8) is 0 Å². The minimum Gasteiger partial charge on any atom is -0.480 e. The third-order valence-electron chi connectivity index (χ3n) is 3.68. The van der Waals surface area contributed by atoms with Crippen molar-refractivity contribution in [3.8, 4) is 0 Å². The van der Waals surface area contributed by atoms with Gasteiger partial charge in [-0.25, -0.2) is 0 Å². The Morgan fingerprint density at radius 1 is 1.29 bits per heavy atom. The Bertz CT molecular complexity index is 528. The number of carboxylic acid groups (broad SMARTS) is 1. The van der Waals surface area contributed by atoms with E-state index in [2.05, 4.69) is 10.6 Å². The van der Waals surface area contributed by atoms with Crippen LogP contribution in [0.2, 0.25) is 5.02 Å². The number of benzene rings is 1. The molecule has 0 heterocycles. The summed E-state index contributed by atoms with van der Waals surface area (Å²) >= 11 is 5.89. The summed E-state index contributed by atoms with van der Waals surface area (Å²) < 4.78 is 0. The molecule has 1 aromatic carbocycles. The number of hydrogen-bond acceptors (Lipinski definition) is 3. The number of amides is 1. The molecule has 0 aliphatic carbocycles. The van der Waals surface area contributed by atoms with E-state index in [1.807, 2.05) is 13.0 Å². The number of halogens is 1. The molecule has 5 nitrogen and oxygen atoms in total. The number of nitrogens with one attached hydrogen (secondary N) is 2. The molecule has 0 aliphatic heterocycles. The normalized spacial score (nSPS) is 11.2. The van der Waals surface area contributed by atoms with Crippen LogP contribution in [0.15, 0.2) is 18.2 Å². The van der Waals surface area contributed by atoms with E-state index in [9.17, 15) is 14.7 Å². The monoisotopic (exact) mass is 312 g/mol. The van der Waals surface area contributed by atoms with Gasteiger partial charge in [-0.05, 0) is 37.5 Å². The predicted molar refractivity (Wildman–Crippen MR) is 83.8 cm³/mol. The minimum absolute atomic E-state index is 0.0695. The number of aryl methyl sites for hydroxylation is 1. The first-order valence-electron chi connectivity index (χ1n) is 6.89. The molecule has 0 aliphatic rings. The molecule has 0 unspecified atom stereocenters. The molecule has 0 radical (unpaired) electrons. The van der Waals surface area contributed by atoms with Gasteiger partial charge in [0.2, 0.25) is 5.91 Å². The van der Waals surface area contributed by atoms with Crippen LogP contribution in [0.1, 0.15) is 32.3 Å². The Morgan fingerprint density at radius 2 is 1.90 bits per heavy atom. The van der Waals surface area contributed by atoms with Crippen LogP contribution < -0.4 is 10.6 Å². The van der Waals surface area contributed by atoms with Gasteiger partial charge in [-0.2, -0.15) is 0 Å². The van der Waals surface area contributed by atoms with Crippen molar-refractivity contribution in [2.24, 2.45) is 0 Å². The standard InChI is InChI=1S/C15H21ClN2O3/c1-4-15(5-2,14(20)21)17-9-13(19)18-12-8-11(16)7-6-10(12)3/h6-8,17H,4-5,9H2,1-3H3,(H,18,19)(H,20,21). The van der Waals surface area contributed by atoms with Gasteiger partial charge in [-0.15, -0.1) is 0 Å². The van der Waals surface area contributed by atoms with Crippen molar-refractivity contribution in [1.82, 2.24) is 5.32 Å². The van der Waals surface area contributed by atoms with Gasteiger partial charge in [0.1, 0.15) is 5.54 Å². The van der Waals surface area contributed by atoms with Gasteiger partial charge in [0, 0.05) is 10.7 Å². The summed E-state index contributed by atoms with van der Waals surface area (Å²) in [5.41, 5.74) is 0.451. The average Bonchev–Trinajstić information content (AvgIpc) is 2.44. The predicted octanol–water partition coefficient (Wildman–Crippen LogP) is 2.82. The maximum Gasteiger partial charge on any atom is 0.323 e. The van der Waals surface area contributed by atoms with Crippen molar-refractivity contribution in [2.75, 3.05) is 11.9 Å². The van der Waals surface area contributed by atoms with E-state index in [0.29, 0.717) is 23.6 Å². The Balaban J connectivity index is 2.70. The lowest BCUT2D eigenvalue weighted by molar-refractivity contribution is -0.145. The zero-order valence-corrected chi connectivity index (χ0v) is 13.3. The average molecular weight is 313 g/mol. The Kier molecular flexibility index (Phi) is 6.18. The molecule has 6 heteroatoms. The number of hydrogen-bond donors (Lipinski definition) is 3. The maximum atomic E-state index is 12.0. The van der Waals surface area contributed by atoms with E-state index >= 15 is 0 Å². The van der Waals surface area contributed by atoms with Crippen LogP contribution >= 0.6 is 11.6 Å². The first-order chi connectivity index (χ1) is 9.84. The SMILES string of the molecule is CCC(CC)(NCC(=O)Nc1cc(Cl)ccc1C)C(=O)O. The van der Waals surface area contributed by atoms with Crippen LogP contribution in [-0.4, -0.2) is 29.1 Å². The van der Waals surface area contributed by atoms with Crippen molar-refractivity contribution in [3.05, 3.63) is 28.8 Å². The van der Waals surface area contributed by atoms with E-state index in [0.717, 1.165) is 5.56 Å². The van der Waals surface area contributed by atoms with E-state index in [1.54, 1.807) is 26.0 Å². The molecule has 0 spiro atoms. The van der Waals surface area contributed by atoms with Crippen LogP contribution in [0.25, 0.3) is 0 Å². The van der Waals surface area contributed by atoms with Gasteiger partial charge < -0.3 is 10.4 Å². The number of carboxylic acids is 1. The fourth-order valence-electron chi connectivity index (χ4n) is 2.05. The second-order valence-corrected chi connectivity index (χ2v) is 5.39. The highest BCUT2D eigenvalue weighted by molar-refractivity contribution is 6.31. The second kappa shape index (κ2) is 7.43. The van der Waals surface area contributed by atoms with Gasteiger partial charge in [0.15, 0.2) is 0 Å². The highest BCUT2D eigenvalue weighted by atomic mass is 35.5. The summed E-state index contributed by atoms with van der Waals surface area (Å²) in [5, 5.41) is 15.4. The zero-order chi connectivity index (χ0) is 16.0. The zero-order valence-electron chi connectivity index (χ0n) is 12.5. The van der Waals surface area contributed by atoms with Gasteiger partial charge in [-0.3, -0.25) is 14.9 Å². The maximum absolute atomic E-state index is 12.0. The molecule has 0 saturated heterocycles. The molecule has 0 bridgehead atoms. The van der Waals surface area contributed by atoms with Crippen LogP contribution in [0, 0.1) is 6.92 Å². The molecular weight excluding hydrogens is 292 g/mol. The van der Waals surface area contributed by atoms with E-state index in [-0.39, 0.29) is 12.5 Å². The van der Waals surface area contributed by atoms with E-state index < -0.39 is 11.5 Å². The number of rotatable bonds is 7. The summed E-state index contributed by atoms with van der Waals surface area (Å²) in [6, 6.07) is 5.22. The summed E-state index contributed by atoms with van der Waals surface area (Å²) in [4.78, 5) is 23.3. The molecule has 0 atom stereocenters. The fourth-order valence-corrected chi connectivity index (χ4v) is 2.22. The van der Waals surface area contributed by atoms with E-state index in [4.69, 9.17) is 11.6 Å². The summed E-state index contributed by atoms with van der Waals surface area (Å²) in [5.74, 6) is -1.24. The van der Waals surface area contributed by atoms with Crippen molar-refractivity contribution < 1.29 is 14.7 Å². The molecule has 1 amide bonds. The Hall–Kier alpha value is -1.59. The van der Waals surface area contributed by atoms with Gasteiger partial charge >= 0.3 is 5.97 Å². The Labute approximate surface area is 129 Å². The molecule has 1 rings (SSSR count). The number of carbonyl (C=O) groups is 2. The number of carbonyl (C=O) groups excluding carboxylic acids is 1. The van der Waals surface area contributed by atoms with Crippen LogP contribution in [-0.2, 0) is 9.59 Å². The molecule has 21 heavy (non-hydrogen) atoms. The second-order valence-electron chi connectivity index (χ2n) is 4.96. The van der Waals surface area contributed by atoms with Crippen LogP contribution in [0.3, 0.4) is 0 Å². The third-order valence-corrected chi connectivity index (χ3v) is 3.91. The van der Waals surface area contributed by atoms with Crippen molar-refractivity contribution in [2.45, 2.75) is 39.2 Å². The lowest BCUT2D eigenvalue weighted by Crippen LogP contribution is -2.53. The smallest absolute Gasteiger partial charge is 0.323 e. The largest absolute Gasteiger partial charge is 0.480 e. The quantitative estimate of drug-likeness (QED) is 0.723. The van der Waals surface area contributed by atoms with Gasteiger partial charge in [-0.1, -0.05) is 31.5 Å². The molecular formula is C15H21ClN2O3. The van der Waals surface area contributed by atoms with Crippen LogP contribution in [0.5, 0.6) is 0 Å². The summed E-state index contributed by atoms with van der Waals surface area (Å²) in [6.45, 7) is 5.35. The molecule has 0 fully saturated rings. The minimum atomic E-state index is -1.07. The van der Waals surface area contributed by atoms with E-state index in [1.165, 1.54) is 0 Å². The van der Waals surface area contributed by atoms with Gasteiger partial charge in [0.05, 0.1) is 6.54 Å². The lowest BCUT2D eigenvalue weighted by atomic mass is 9.93. The number of aliphatic carboxylic acids is 1. The molecule has 1 aromatic rings. The lowest BCUT2D eigenvalue weighted by Gasteiger charge is -2.27. The Morgan fingerprint density at radius 3 is 2.43 bits per heavy atom. The third kappa shape index (κ3) is 4.44. The summed E-state index contributed by atoms with van der Waals surface area (Å²) in [7, 11) is 0. The molecule has 0 saturated carbocycles. The first-order valence-corrected chi connectivity index (χ1v) is 7.27. The molecule has 3 N–H and O–H groups in total. The topological polar surface area (TPSA) is 78.4 Å². The van der Waals surface area contributed by atoms with Crippen LogP contribution in [0.4, 0.5) is 5.69 Å². The highest BCUT2D eigenvalue weighted by Crippen LogP contribution is 2.20. The summed E-state index contributed by atoms with van der Waals surface area (Å²) in [6.07, 6.45) is 0.810. The first kappa shape index (κ1) is 17.5. The van der Waals surface area contributed by atoms with Crippen molar-refractivity contribution in [1.29, 1.82) is 0 Å². The number of anilines is 1. The fraction of sp³-hybridized carbons (Fsp3) is 0.467. The molecule has 0 aromatic heterocycles.